The number of ether oxygens (including phenoxy) is 1. The van der Waals surface area contributed by atoms with E-state index < -0.39 is 34.2 Å². The van der Waals surface area contributed by atoms with Gasteiger partial charge in [-0.05, 0) is 37.1 Å². The van der Waals surface area contributed by atoms with E-state index in [0.717, 1.165) is 6.07 Å². The fraction of sp³-hybridized carbons (Fsp3) is 0.333. The lowest BCUT2D eigenvalue weighted by molar-refractivity contribution is -0.384. The van der Waals surface area contributed by atoms with E-state index in [0.29, 0.717) is 43.8 Å². The number of hydrogen-bond acceptors (Lipinski definition) is 6. The summed E-state index contributed by atoms with van der Waals surface area (Å²) in [5.74, 6) is -0.582. The molecule has 2 N–H and O–H groups in total. The molecule has 0 spiro atoms. The van der Waals surface area contributed by atoms with Crippen LogP contribution in [0.4, 0.5) is 24.5 Å². The molecule has 12 heteroatoms. The van der Waals surface area contributed by atoms with Crippen LogP contribution in [0.25, 0.3) is 0 Å². The predicted molar refractivity (Wildman–Crippen MR) is 111 cm³/mol. The second kappa shape index (κ2) is 10.2. The van der Waals surface area contributed by atoms with Crippen LogP contribution in [0.1, 0.15) is 18.4 Å². The van der Waals surface area contributed by atoms with Crippen LogP contribution in [-0.4, -0.2) is 41.3 Å². The third-order valence-corrected chi connectivity index (χ3v) is 5.17. The molecule has 33 heavy (non-hydrogen) atoms. The molecule has 1 fully saturated rings. The monoisotopic (exact) mass is 466 g/mol. The molecule has 3 rings (SSSR count). The SMILES string of the molecule is O=C(NNc1ccc(C(F)(F)F)cc1[N+](=O)[O-])C1CCN(C(=O)COc2ccccc2)CC1. The highest BCUT2D eigenvalue weighted by Crippen LogP contribution is 2.34. The van der Waals surface area contributed by atoms with Gasteiger partial charge in [0.1, 0.15) is 11.4 Å². The Morgan fingerprint density at radius 3 is 2.39 bits per heavy atom. The average Bonchev–Trinajstić information content (AvgIpc) is 2.81. The van der Waals surface area contributed by atoms with Crippen LogP contribution < -0.4 is 15.6 Å². The third kappa shape index (κ3) is 6.34. The molecule has 0 bridgehead atoms. The molecule has 2 amide bonds. The summed E-state index contributed by atoms with van der Waals surface area (Å²) in [6, 6.07) is 10.8. The minimum atomic E-state index is -4.73. The molecule has 2 aromatic carbocycles. The lowest BCUT2D eigenvalue weighted by atomic mass is 9.96. The molecule has 0 atom stereocenters. The number of alkyl halides is 3. The largest absolute Gasteiger partial charge is 0.484 e. The van der Waals surface area contributed by atoms with Crippen LogP contribution in [0.3, 0.4) is 0 Å². The number of rotatable bonds is 7. The summed E-state index contributed by atoms with van der Waals surface area (Å²) in [7, 11) is 0. The second-order valence-electron chi connectivity index (χ2n) is 7.36. The van der Waals surface area contributed by atoms with Gasteiger partial charge >= 0.3 is 6.18 Å². The maximum absolute atomic E-state index is 12.8. The van der Waals surface area contributed by atoms with Gasteiger partial charge in [-0.2, -0.15) is 13.2 Å². The van der Waals surface area contributed by atoms with Gasteiger partial charge in [-0.15, -0.1) is 0 Å². The summed E-state index contributed by atoms with van der Waals surface area (Å²) >= 11 is 0. The number of likely N-dealkylation sites (tertiary alicyclic amines) is 1. The van der Waals surface area contributed by atoms with Crippen molar-refractivity contribution in [2.75, 3.05) is 25.1 Å². The van der Waals surface area contributed by atoms with Gasteiger partial charge < -0.3 is 9.64 Å². The van der Waals surface area contributed by atoms with Crippen molar-refractivity contribution in [1.82, 2.24) is 10.3 Å². The van der Waals surface area contributed by atoms with Crippen LogP contribution in [-0.2, 0) is 15.8 Å². The molecule has 1 aliphatic rings. The van der Waals surface area contributed by atoms with E-state index >= 15 is 0 Å². The number of hydrazine groups is 1. The number of para-hydroxylation sites is 1. The molecule has 9 nitrogen and oxygen atoms in total. The Hall–Kier alpha value is -3.83. The molecule has 0 aromatic heterocycles. The van der Waals surface area contributed by atoms with Gasteiger partial charge in [-0.3, -0.25) is 30.6 Å². The average molecular weight is 466 g/mol. The predicted octanol–water partition coefficient (Wildman–Crippen LogP) is 3.37. The van der Waals surface area contributed by atoms with Gasteiger partial charge in [0, 0.05) is 25.1 Å². The zero-order valence-electron chi connectivity index (χ0n) is 17.3. The lowest BCUT2D eigenvalue weighted by Crippen LogP contribution is -2.45. The first-order valence-corrected chi connectivity index (χ1v) is 10.0. The number of nitrogens with one attached hydrogen (secondary N) is 2. The second-order valence-corrected chi connectivity index (χ2v) is 7.36. The van der Waals surface area contributed by atoms with Gasteiger partial charge in [0.15, 0.2) is 6.61 Å². The smallest absolute Gasteiger partial charge is 0.416 e. The first-order chi connectivity index (χ1) is 15.6. The number of nitro groups is 1. The van der Waals surface area contributed by atoms with Crippen molar-refractivity contribution in [2.45, 2.75) is 19.0 Å². The molecule has 1 heterocycles. The van der Waals surface area contributed by atoms with Crippen LogP contribution in [0.5, 0.6) is 5.75 Å². The number of halogens is 3. The van der Waals surface area contributed by atoms with E-state index in [1.165, 1.54) is 0 Å². The Morgan fingerprint density at radius 2 is 1.79 bits per heavy atom. The van der Waals surface area contributed by atoms with Crippen LogP contribution in [0, 0.1) is 16.0 Å². The normalized spacial score (nSPS) is 14.5. The van der Waals surface area contributed by atoms with Crippen LogP contribution >= 0.6 is 0 Å². The van der Waals surface area contributed by atoms with Crippen LogP contribution in [0.2, 0.25) is 0 Å². The van der Waals surface area contributed by atoms with Gasteiger partial charge in [0.2, 0.25) is 5.91 Å². The summed E-state index contributed by atoms with van der Waals surface area (Å²) in [6.07, 6.45) is -4.01. The summed E-state index contributed by atoms with van der Waals surface area (Å²) in [6.45, 7) is 0.533. The fourth-order valence-corrected chi connectivity index (χ4v) is 3.34. The highest BCUT2D eigenvalue weighted by molar-refractivity contribution is 5.82. The van der Waals surface area contributed by atoms with Gasteiger partial charge in [-0.25, -0.2) is 0 Å². The van der Waals surface area contributed by atoms with Crippen molar-refractivity contribution in [3.05, 3.63) is 64.2 Å². The Bertz CT molecular complexity index is 1010. The van der Waals surface area contributed by atoms with Gasteiger partial charge in [-0.1, -0.05) is 18.2 Å². The number of carbonyl (C=O) groups is 2. The maximum atomic E-state index is 12.8. The molecule has 0 saturated carbocycles. The third-order valence-electron chi connectivity index (χ3n) is 5.17. The first kappa shape index (κ1) is 23.8. The highest BCUT2D eigenvalue weighted by atomic mass is 19.4. The molecular weight excluding hydrogens is 445 g/mol. The zero-order valence-corrected chi connectivity index (χ0v) is 17.3. The number of carbonyl (C=O) groups excluding carboxylic acids is 2. The van der Waals surface area contributed by atoms with Gasteiger partial charge in [0.25, 0.3) is 11.6 Å². The summed E-state index contributed by atoms with van der Waals surface area (Å²) in [4.78, 5) is 36.5. The molecule has 0 aliphatic carbocycles. The van der Waals surface area contributed by atoms with E-state index in [1.54, 1.807) is 29.2 Å². The standard InChI is InChI=1S/C21H21F3N4O5/c22-21(23,24)15-6-7-17(18(12-15)28(31)32)25-26-20(30)14-8-10-27(11-9-14)19(29)13-33-16-4-2-1-3-5-16/h1-7,12,14,25H,8-11,13H2,(H,26,30). The molecule has 176 valence electrons. The van der Waals surface area contributed by atoms with Crippen molar-refractivity contribution in [1.29, 1.82) is 0 Å². The number of benzene rings is 2. The number of nitro benzene ring substituents is 1. The number of amides is 2. The zero-order chi connectivity index (χ0) is 24.0. The van der Waals surface area contributed by atoms with Crippen molar-refractivity contribution < 1.29 is 32.4 Å². The molecule has 2 aromatic rings. The van der Waals surface area contributed by atoms with Crippen molar-refractivity contribution >= 4 is 23.2 Å². The quantitative estimate of drug-likeness (QED) is 0.478. The van der Waals surface area contributed by atoms with Crippen molar-refractivity contribution in [2.24, 2.45) is 5.92 Å². The van der Waals surface area contributed by atoms with Crippen molar-refractivity contribution in [3.8, 4) is 5.75 Å². The van der Waals surface area contributed by atoms with Crippen molar-refractivity contribution in [3.63, 3.8) is 0 Å². The highest BCUT2D eigenvalue weighted by Gasteiger charge is 2.33. The lowest BCUT2D eigenvalue weighted by Gasteiger charge is -2.31. The molecule has 0 radical (unpaired) electrons. The van der Waals surface area contributed by atoms with E-state index in [9.17, 15) is 32.9 Å². The summed E-state index contributed by atoms with van der Waals surface area (Å²) in [5.41, 5.74) is 2.39. The Kier molecular flexibility index (Phi) is 7.36. The maximum Gasteiger partial charge on any atom is 0.416 e. The Balaban J connectivity index is 1.49. The van der Waals surface area contributed by atoms with E-state index in [4.69, 9.17) is 4.74 Å². The van der Waals surface area contributed by atoms with E-state index in [1.807, 2.05) is 6.07 Å². The van der Waals surface area contributed by atoms with Gasteiger partial charge in [0.05, 0.1) is 10.5 Å². The minimum absolute atomic E-state index is 0.125. The number of nitrogens with zero attached hydrogens (tertiary/aromatic N) is 2. The summed E-state index contributed by atoms with van der Waals surface area (Å²) < 4.78 is 43.8. The fourth-order valence-electron chi connectivity index (χ4n) is 3.34. The number of piperidine rings is 1. The molecule has 1 saturated heterocycles. The minimum Gasteiger partial charge on any atom is -0.484 e. The number of hydrogen-bond donors (Lipinski definition) is 2. The first-order valence-electron chi connectivity index (χ1n) is 10.0. The van der Waals surface area contributed by atoms with E-state index in [2.05, 4.69) is 10.9 Å². The molecule has 0 unspecified atom stereocenters. The topological polar surface area (TPSA) is 114 Å². The van der Waals surface area contributed by atoms with Crippen LogP contribution in [0.15, 0.2) is 48.5 Å². The summed E-state index contributed by atoms with van der Waals surface area (Å²) in [5, 5.41) is 11.1. The van der Waals surface area contributed by atoms with E-state index in [-0.39, 0.29) is 18.2 Å². The number of anilines is 1. The molecular formula is C21H21F3N4O5. The molecule has 1 aliphatic heterocycles. The Labute approximate surface area is 186 Å². The Morgan fingerprint density at radius 1 is 1.12 bits per heavy atom.